The zero-order valence-electron chi connectivity index (χ0n) is 16.2. The first kappa shape index (κ1) is 20.1. The Hall–Kier alpha value is -2.67. The minimum atomic E-state index is -3.35. The Bertz CT molecular complexity index is 1040. The van der Waals surface area contributed by atoms with Crippen molar-refractivity contribution in [3.63, 3.8) is 0 Å². The van der Waals surface area contributed by atoms with Crippen molar-refractivity contribution in [2.24, 2.45) is 0 Å². The molecule has 7 heteroatoms. The Morgan fingerprint density at radius 3 is 2.43 bits per heavy atom. The lowest BCUT2D eigenvalue weighted by Crippen LogP contribution is -2.34. The number of nitrogens with zero attached hydrogens (tertiary/aromatic N) is 1. The summed E-state index contributed by atoms with van der Waals surface area (Å²) in [5.41, 5.74) is 4.28. The van der Waals surface area contributed by atoms with Gasteiger partial charge in [-0.2, -0.15) is 0 Å². The van der Waals surface area contributed by atoms with Crippen molar-refractivity contribution in [2.45, 2.75) is 26.7 Å². The molecule has 6 nitrogen and oxygen atoms in total. The number of Topliss-reactive ketones (excluding diaryl/α,β-unsaturated/α-hetero) is 1. The van der Waals surface area contributed by atoms with Crippen LogP contribution in [0, 0.1) is 13.8 Å². The van der Waals surface area contributed by atoms with Gasteiger partial charge >= 0.3 is 5.97 Å². The second kappa shape index (κ2) is 7.75. The molecule has 0 aromatic heterocycles. The maximum atomic E-state index is 12.5. The van der Waals surface area contributed by atoms with E-state index in [-0.39, 0.29) is 12.4 Å². The Morgan fingerprint density at radius 2 is 1.75 bits per heavy atom. The summed E-state index contributed by atoms with van der Waals surface area (Å²) >= 11 is 0. The Balaban J connectivity index is 1.71. The van der Waals surface area contributed by atoms with Crippen molar-refractivity contribution >= 4 is 27.5 Å². The number of esters is 1. The molecule has 0 atom stereocenters. The molecule has 3 rings (SSSR count). The molecule has 0 aliphatic carbocycles. The van der Waals surface area contributed by atoms with Gasteiger partial charge in [0, 0.05) is 12.1 Å². The summed E-state index contributed by atoms with van der Waals surface area (Å²) in [7, 11) is -3.35. The first-order valence-electron chi connectivity index (χ1n) is 9.05. The van der Waals surface area contributed by atoms with E-state index in [0.29, 0.717) is 36.2 Å². The predicted molar refractivity (Wildman–Crippen MR) is 107 cm³/mol. The van der Waals surface area contributed by atoms with Crippen molar-refractivity contribution in [1.82, 2.24) is 0 Å². The molecule has 2 aromatic carbocycles. The molecular weight excluding hydrogens is 378 g/mol. The standard InChI is InChI=1S/C21H23NO5S/c1-14-6-7-18(11-15(14)2)21(24)27-13-20(23)17-8-9-19-16(12-17)5-4-10-22(19)28(3,25)26/h6-9,11-12H,4-5,10,13H2,1-3H3. The number of carbonyl (C=O) groups is 2. The lowest BCUT2D eigenvalue weighted by Gasteiger charge is -2.29. The smallest absolute Gasteiger partial charge is 0.338 e. The second-order valence-corrected chi connectivity index (χ2v) is 8.99. The van der Waals surface area contributed by atoms with Crippen molar-refractivity contribution < 1.29 is 22.7 Å². The molecule has 0 spiro atoms. The van der Waals surface area contributed by atoms with Crippen LogP contribution in [0.2, 0.25) is 0 Å². The van der Waals surface area contributed by atoms with Crippen LogP contribution in [0.25, 0.3) is 0 Å². The molecular formula is C21H23NO5S. The van der Waals surface area contributed by atoms with Gasteiger partial charge in [-0.3, -0.25) is 9.10 Å². The van der Waals surface area contributed by atoms with Gasteiger partial charge in [-0.15, -0.1) is 0 Å². The average molecular weight is 401 g/mol. The molecule has 28 heavy (non-hydrogen) atoms. The van der Waals surface area contributed by atoms with E-state index in [4.69, 9.17) is 4.74 Å². The van der Waals surface area contributed by atoms with Crippen molar-refractivity contribution in [2.75, 3.05) is 23.7 Å². The number of aryl methyl sites for hydroxylation is 3. The quantitative estimate of drug-likeness (QED) is 0.568. The Morgan fingerprint density at radius 1 is 1.04 bits per heavy atom. The highest BCUT2D eigenvalue weighted by Gasteiger charge is 2.25. The van der Waals surface area contributed by atoms with Gasteiger partial charge in [0.15, 0.2) is 12.4 Å². The Labute approximate surface area is 165 Å². The first-order valence-corrected chi connectivity index (χ1v) is 10.9. The third kappa shape index (κ3) is 4.25. The largest absolute Gasteiger partial charge is 0.454 e. The maximum Gasteiger partial charge on any atom is 0.338 e. The van der Waals surface area contributed by atoms with Crippen LogP contribution in [0.5, 0.6) is 0 Å². The molecule has 0 N–H and O–H groups in total. The minimum absolute atomic E-state index is 0.323. The number of carbonyl (C=O) groups excluding carboxylic acids is 2. The molecule has 2 aromatic rings. The number of fused-ring (bicyclic) bond motifs is 1. The summed E-state index contributed by atoms with van der Waals surface area (Å²) in [6, 6.07) is 10.2. The SMILES string of the molecule is Cc1ccc(C(=O)OCC(=O)c2ccc3c(c2)CCCN3S(C)(=O)=O)cc1C. The van der Waals surface area contributed by atoms with E-state index in [9.17, 15) is 18.0 Å². The fraction of sp³-hybridized carbons (Fsp3) is 0.333. The molecule has 0 saturated carbocycles. The van der Waals surface area contributed by atoms with Gasteiger partial charge in [-0.05, 0) is 73.7 Å². The van der Waals surface area contributed by atoms with E-state index in [1.54, 1.807) is 30.3 Å². The monoisotopic (exact) mass is 401 g/mol. The summed E-state index contributed by atoms with van der Waals surface area (Å²) in [6.07, 6.45) is 2.57. The van der Waals surface area contributed by atoms with Gasteiger partial charge in [0.25, 0.3) is 0 Å². The van der Waals surface area contributed by atoms with E-state index in [1.165, 1.54) is 10.6 Å². The van der Waals surface area contributed by atoms with Gasteiger partial charge in [0.1, 0.15) is 0 Å². The van der Waals surface area contributed by atoms with Crippen LogP contribution in [0.3, 0.4) is 0 Å². The summed E-state index contributed by atoms with van der Waals surface area (Å²) in [4.78, 5) is 24.6. The highest BCUT2D eigenvalue weighted by molar-refractivity contribution is 7.92. The zero-order chi connectivity index (χ0) is 20.5. The van der Waals surface area contributed by atoms with Crippen LogP contribution in [0.15, 0.2) is 36.4 Å². The molecule has 1 aliphatic heterocycles. The van der Waals surface area contributed by atoms with Crippen molar-refractivity contribution in [3.05, 3.63) is 64.2 Å². The number of benzene rings is 2. The third-order valence-corrected chi connectivity index (χ3v) is 6.13. The minimum Gasteiger partial charge on any atom is -0.454 e. The van der Waals surface area contributed by atoms with Gasteiger partial charge < -0.3 is 4.74 Å². The predicted octanol–water partition coefficient (Wildman–Crippen LogP) is 3.06. The number of ketones is 1. The molecule has 0 bridgehead atoms. The van der Waals surface area contributed by atoms with Crippen molar-refractivity contribution in [3.8, 4) is 0 Å². The molecule has 0 unspecified atom stereocenters. The van der Waals surface area contributed by atoms with Crippen LogP contribution in [0.4, 0.5) is 5.69 Å². The van der Waals surface area contributed by atoms with E-state index in [2.05, 4.69) is 0 Å². The molecule has 0 fully saturated rings. The second-order valence-electron chi connectivity index (χ2n) is 7.08. The summed E-state index contributed by atoms with van der Waals surface area (Å²) in [5.74, 6) is -0.867. The van der Waals surface area contributed by atoms with E-state index in [1.807, 2.05) is 19.9 Å². The van der Waals surface area contributed by atoms with E-state index in [0.717, 1.165) is 16.7 Å². The van der Waals surface area contributed by atoms with E-state index >= 15 is 0 Å². The van der Waals surface area contributed by atoms with Gasteiger partial charge in [-0.25, -0.2) is 13.2 Å². The molecule has 0 saturated heterocycles. The number of sulfonamides is 1. The van der Waals surface area contributed by atoms with Crippen LogP contribution in [-0.4, -0.2) is 39.6 Å². The molecule has 148 valence electrons. The summed E-state index contributed by atoms with van der Waals surface area (Å²) in [5, 5.41) is 0. The highest BCUT2D eigenvalue weighted by Crippen LogP contribution is 2.30. The van der Waals surface area contributed by atoms with Crippen LogP contribution >= 0.6 is 0 Å². The van der Waals surface area contributed by atoms with Gasteiger partial charge in [0.05, 0.1) is 17.5 Å². The highest BCUT2D eigenvalue weighted by atomic mass is 32.2. The lowest BCUT2D eigenvalue weighted by molar-refractivity contribution is 0.0474. The van der Waals surface area contributed by atoms with Crippen LogP contribution < -0.4 is 4.31 Å². The fourth-order valence-electron chi connectivity index (χ4n) is 3.25. The molecule has 1 aliphatic rings. The number of hydrogen-bond acceptors (Lipinski definition) is 5. The number of hydrogen-bond donors (Lipinski definition) is 0. The lowest BCUT2D eigenvalue weighted by atomic mass is 9.99. The summed E-state index contributed by atoms with van der Waals surface area (Å²) in [6.45, 7) is 3.94. The van der Waals surface area contributed by atoms with Gasteiger partial charge in [-0.1, -0.05) is 6.07 Å². The van der Waals surface area contributed by atoms with Crippen LogP contribution in [-0.2, 0) is 21.2 Å². The number of rotatable bonds is 5. The van der Waals surface area contributed by atoms with E-state index < -0.39 is 16.0 Å². The third-order valence-electron chi connectivity index (χ3n) is 4.95. The molecule has 0 radical (unpaired) electrons. The number of ether oxygens (including phenoxy) is 1. The number of anilines is 1. The average Bonchev–Trinajstić information content (AvgIpc) is 2.66. The summed E-state index contributed by atoms with van der Waals surface area (Å²) < 4.78 is 30.4. The molecule has 0 amide bonds. The van der Waals surface area contributed by atoms with Crippen molar-refractivity contribution in [1.29, 1.82) is 0 Å². The first-order chi connectivity index (χ1) is 13.2. The topological polar surface area (TPSA) is 80.8 Å². The van der Waals surface area contributed by atoms with Gasteiger partial charge in [0.2, 0.25) is 10.0 Å². The normalized spacial score (nSPS) is 13.8. The Kier molecular flexibility index (Phi) is 5.56. The fourth-order valence-corrected chi connectivity index (χ4v) is 4.24. The zero-order valence-corrected chi connectivity index (χ0v) is 17.0. The maximum absolute atomic E-state index is 12.5. The van der Waals surface area contributed by atoms with Crippen LogP contribution in [0.1, 0.15) is 43.8 Å². The molecule has 1 heterocycles.